The maximum absolute atomic E-state index is 11.5. The Bertz CT molecular complexity index is 2370. The summed E-state index contributed by atoms with van der Waals surface area (Å²) in [4.78, 5) is 2.41. The molecule has 9 rings (SSSR count). The first-order valence-corrected chi connectivity index (χ1v) is 17.7. The van der Waals surface area contributed by atoms with E-state index in [1.165, 1.54) is 22.3 Å². The van der Waals surface area contributed by atoms with Crippen molar-refractivity contribution in [2.24, 2.45) is 0 Å². The van der Waals surface area contributed by atoms with Gasteiger partial charge in [0.15, 0.2) is 0 Å². The van der Waals surface area contributed by atoms with Gasteiger partial charge >= 0.3 is 0 Å². The zero-order chi connectivity index (χ0) is 34.2. The van der Waals surface area contributed by atoms with Crippen molar-refractivity contribution in [3.05, 3.63) is 222 Å². The number of allylic oxidation sites excluding steroid dienone is 4. The third-order valence-corrected chi connectivity index (χ3v) is 10.5. The number of para-hydroxylation sites is 1. The molecule has 0 heterocycles. The smallest absolute Gasteiger partial charge is 0.123 e. The summed E-state index contributed by atoms with van der Waals surface area (Å²) in [6, 6.07) is 62.6. The van der Waals surface area contributed by atoms with E-state index < -0.39 is 5.41 Å². The molecule has 51 heavy (non-hydrogen) atoms. The Morgan fingerprint density at radius 3 is 1.82 bits per heavy atom. The molecule has 1 N–H and O–H groups in total. The van der Waals surface area contributed by atoms with Gasteiger partial charge in [-0.05, 0) is 93.8 Å². The lowest BCUT2D eigenvalue weighted by Crippen LogP contribution is -2.28. The number of hydrogen-bond acceptors (Lipinski definition) is 2. The van der Waals surface area contributed by atoms with Crippen molar-refractivity contribution in [2.75, 3.05) is 4.90 Å². The van der Waals surface area contributed by atoms with Crippen LogP contribution in [0.3, 0.4) is 0 Å². The molecule has 0 amide bonds. The Morgan fingerprint density at radius 1 is 0.510 bits per heavy atom. The molecule has 7 aromatic carbocycles. The Balaban J connectivity index is 1.31. The molecule has 244 valence electrons. The highest BCUT2D eigenvalue weighted by Gasteiger charge is 2.47. The maximum Gasteiger partial charge on any atom is 0.123 e. The molecular weight excluding hydrogens is 619 g/mol. The molecule has 0 saturated carbocycles. The van der Waals surface area contributed by atoms with Crippen molar-refractivity contribution in [1.82, 2.24) is 0 Å². The summed E-state index contributed by atoms with van der Waals surface area (Å²) < 4.78 is 0. The number of anilines is 3. The van der Waals surface area contributed by atoms with E-state index in [1.807, 2.05) is 12.1 Å². The number of rotatable bonds is 7. The highest BCUT2D eigenvalue weighted by molar-refractivity contribution is 5.93. The summed E-state index contributed by atoms with van der Waals surface area (Å²) >= 11 is 0. The molecule has 0 bridgehead atoms. The summed E-state index contributed by atoms with van der Waals surface area (Å²) in [5, 5.41) is 11.5. The minimum absolute atomic E-state index is 0.297. The number of phenols is 1. The second-order valence-corrected chi connectivity index (χ2v) is 13.3. The predicted octanol–water partition coefficient (Wildman–Crippen LogP) is 12.6. The van der Waals surface area contributed by atoms with Crippen LogP contribution in [-0.4, -0.2) is 5.11 Å². The number of phenolic OH excluding ortho intramolecular Hbond substituents is 1. The molecule has 0 radical (unpaired) electrons. The first kappa shape index (κ1) is 30.7. The fourth-order valence-corrected chi connectivity index (χ4v) is 8.27. The van der Waals surface area contributed by atoms with Crippen molar-refractivity contribution < 1.29 is 5.11 Å². The van der Waals surface area contributed by atoms with E-state index in [2.05, 4.69) is 187 Å². The SMILES string of the molecule is Oc1cccc2c1-c1ccc(N(c3ccc(-c4ccccc4)cc3)c3ccccc3C3=CC=CCC3)cc1C2(c1ccccc1)c1ccccc1. The van der Waals surface area contributed by atoms with Gasteiger partial charge in [0.05, 0.1) is 11.1 Å². The fraction of sp³-hybridized carbons (Fsp3) is 0.0612. The number of hydrogen-bond donors (Lipinski definition) is 1. The normalized spacial score (nSPS) is 14.0. The van der Waals surface area contributed by atoms with E-state index in [0.717, 1.165) is 63.3 Å². The molecule has 2 nitrogen and oxygen atoms in total. The molecule has 0 aliphatic heterocycles. The molecular formula is C49H37NO. The molecule has 2 aliphatic carbocycles. The third-order valence-electron chi connectivity index (χ3n) is 10.5. The maximum atomic E-state index is 11.5. The Kier molecular flexibility index (Phi) is 7.71. The predicted molar refractivity (Wildman–Crippen MR) is 212 cm³/mol. The Hall–Kier alpha value is -6.38. The van der Waals surface area contributed by atoms with E-state index in [9.17, 15) is 5.11 Å². The summed E-state index contributed by atoms with van der Waals surface area (Å²) in [5.41, 5.74) is 14.1. The van der Waals surface area contributed by atoms with Gasteiger partial charge in [-0.3, -0.25) is 0 Å². The second kappa shape index (κ2) is 12.8. The van der Waals surface area contributed by atoms with E-state index in [0.29, 0.717) is 5.75 Å². The van der Waals surface area contributed by atoms with Crippen LogP contribution in [0.5, 0.6) is 5.75 Å². The van der Waals surface area contributed by atoms with Crippen molar-refractivity contribution >= 4 is 22.6 Å². The van der Waals surface area contributed by atoms with Crippen LogP contribution in [0.1, 0.15) is 40.7 Å². The zero-order valence-corrected chi connectivity index (χ0v) is 28.3. The van der Waals surface area contributed by atoms with Crippen LogP contribution in [0, 0.1) is 0 Å². The minimum Gasteiger partial charge on any atom is -0.507 e. The van der Waals surface area contributed by atoms with Crippen LogP contribution < -0.4 is 4.90 Å². The van der Waals surface area contributed by atoms with Gasteiger partial charge in [-0.15, -0.1) is 0 Å². The highest BCUT2D eigenvalue weighted by Crippen LogP contribution is 2.59. The van der Waals surface area contributed by atoms with Crippen LogP contribution in [0.4, 0.5) is 17.1 Å². The summed E-state index contributed by atoms with van der Waals surface area (Å²) in [6.45, 7) is 0. The lowest BCUT2D eigenvalue weighted by atomic mass is 9.67. The van der Waals surface area contributed by atoms with Crippen molar-refractivity contribution in [2.45, 2.75) is 18.3 Å². The van der Waals surface area contributed by atoms with E-state index in [4.69, 9.17) is 0 Å². The van der Waals surface area contributed by atoms with Gasteiger partial charge < -0.3 is 10.0 Å². The molecule has 0 spiro atoms. The number of nitrogens with zero attached hydrogens (tertiary/aromatic N) is 1. The van der Waals surface area contributed by atoms with Crippen molar-refractivity contribution in [3.63, 3.8) is 0 Å². The summed E-state index contributed by atoms with van der Waals surface area (Å²) in [7, 11) is 0. The van der Waals surface area contributed by atoms with Gasteiger partial charge in [0.25, 0.3) is 0 Å². The van der Waals surface area contributed by atoms with E-state index in [-0.39, 0.29) is 0 Å². The largest absolute Gasteiger partial charge is 0.507 e. The van der Waals surface area contributed by atoms with Crippen LogP contribution in [-0.2, 0) is 5.41 Å². The molecule has 0 aromatic heterocycles. The van der Waals surface area contributed by atoms with Gasteiger partial charge in [-0.25, -0.2) is 0 Å². The van der Waals surface area contributed by atoms with Gasteiger partial charge in [0, 0.05) is 22.5 Å². The lowest BCUT2D eigenvalue weighted by Gasteiger charge is -2.35. The lowest BCUT2D eigenvalue weighted by molar-refractivity contribution is 0.477. The number of fused-ring (bicyclic) bond motifs is 3. The van der Waals surface area contributed by atoms with E-state index >= 15 is 0 Å². The molecule has 7 aromatic rings. The average Bonchev–Trinajstić information content (AvgIpc) is 3.51. The molecule has 2 heteroatoms. The average molecular weight is 656 g/mol. The van der Waals surface area contributed by atoms with Crippen molar-refractivity contribution in [1.29, 1.82) is 0 Å². The summed E-state index contributed by atoms with van der Waals surface area (Å²) in [5.74, 6) is 0.297. The standard InChI is InChI=1S/C49H37NO/c51-47-27-15-25-44-48(47)43-33-32-41(34-45(43)49(44,38-20-9-3-10-21-38)39-22-11-4-12-23-39)50(40-30-28-36(29-31-40)35-16-5-1-6-17-35)46-26-14-13-24-42(46)37-18-7-2-8-19-37/h1-7,9-18,20-34,51H,8,19H2. The molecule has 0 atom stereocenters. The van der Waals surface area contributed by atoms with Crippen LogP contribution in [0.15, 0.2) is 194 Å². The highest BCUT2D eigenvalue weighted by atomic mass is 16.3. The number of aromatic hydroxyl groups is 1. The van der Waals surface area contributed by atoms with Crippen LogP contribution in [0.2, 0.25) is 0 Å². The molecule has 0 fully saturated rings. The van der Waals surface area contributed by atoms with Gasteiger partial charge in [0.1, 0.15) is 5.75 Å². The Morgan fingerprint density at radius 2 is 1.14 bits per heavy atom. The topological polar surface area (TPSA) is 23.5 Å². The first-order chi connectivity index (χ1) is 25.2. The van der Waals surface area contributed by atoms with Crippen LogP contribution in [0.25, 0.3) is 27.8 Å². The quantitative estimate of drug-likeness (QED) is 0.185. The molecule has 0 unspecified atom stereocenters. The van der Waals surface area contributed by atoms with E-state index in [1.54, 1.807) is 0 Å². The number of benzene rings is 7. The fourth-order valence-electron chi connectivity index (χ4n) is 8.27. The first-order valence-electron chi connectivity index (χ1n) is 17.7. The minimum atomic E-state index is -0.638. The Labute approximate surface area is 299 Å². The van der Waals surface area contributed by atoms with Crippen molar-refractivity contribution in [3.8, 4) is 28.0 Å². The third kappa shape index (κ3) is 5.11. The summed E-state index contributed by atoms with van der Waals surface area (Å²) in [6.07, 6.45) is 8.71. The molecule has 2 aliphatic rings. The van der Waals surface area contributed by atoms with Gasteiger partial charge in [-0.2, -0.15) is 0 Å². The monoisotopic (exact) mass is 655 g/mol. The van der Waals surface area contributed by atoms with Crippen LogP contribution >= 0.6 is 0 Å². The van der Waals surface area contributed by atoms with Gasteiger partial charge in [0.2, 0.25) is 0 Å². The zero-order valence-electron chi connectivity index (χ0n) is 28.3. The second-order valence-electron chi connectivity index (χ2n) is 13.3. The molecule has 0 saturated heterocycles. The van der Waals surface area contributed by atoms with Gasteiger partial charge in [-0.1, -0.05) is 158 Å².